The average Bonchev–Trinajstić information content (AvgIpc) is 3.07. The quantitative estimate of drug-likeness (QED) is 0.834. The summed E-state index contributed by atoms with van der Waals surface area (Å²) in [6.07, 6.45) is 3.20. The molecule has 2 atom stereocenters. The first kappa shape index (κ1) is 20.3. The predicted octanol–water partition coefficient (Wildman–Crippen LogP) is 3.01. The molecular formula is C19H32N4O3S. The molecule has 1 unspecified atom stereocenters. The van der Waals surface area contributed by atoms with Crippen LogP contribution in [0.3, 0.4) is 0 Å². The van der Waals surface area contributed by atoms with E-state index >= 15 is 0 Å². The third-order valence-corrected chi connectivity index (χ3v) is 6.88. The van der Waals surface area contributed by atoms with Gasteiger partial charge in [0.1, 0.15) is 5.60 Å². The van der Waals surface area contributed by atoms with Crippen LogP contribution in [0.15, 0.2) is 12.3 Å². The van der Waals surface area contributed by atoms with Gasteiger partial charge in [0, 0.05) is 31.2 Å². The zero-order chi connectivity index (χ0) is 20.0. The molecule has 1 aromatic rings. The first-order chi connectivity index (χ1) is 12.4. The number of nitrogens with zero attached hydrogens (tertiary/aromatic N) is 3. The Kier molecular flexibility index (Phi) is 5.18. The molecular weight excluding hydrogens is 364 g/mol. The van der Waals surface area contributed by atoms with Gasteiger partial charge in [0.05, 0.1) is 27.5 Å². The van der Waals surface area contributed by atoms with Crippen molar-refractivity contribution in [2.24, 2.45) is 5.41 Å². The number of ether oxygens (including phenoxy) is 1. The molecule has 0 aromatic carbocycles. The second kappa shape index (κ2) is 6.88. The van der Waals surface area contributed by atoms with Crippen LogP contribution in [0.4, 0.5) is 4.79 Å². The van der Waals surface area contributed by atoms with E-state index in [-0.39, 0.29) is 22.3 Å². The lowest BCUT2D eigenvalue weighted by Gasteiger charge is -2.43. The summed E-state index contributed by atoms with van der Waals surface area (Å²) in [5.41, 5.74) is 0.511. The highest BCUT2D eigenvalue weighted by atomic mass is 32.2. The van der Waals surface area contributed by atoms with Gasteiger partial charge in [-0.1, -0.05) is 0 Å². The van der Waals surface area contributed by atoms with Gasteiger partial charge >= 0.3 is 6.09 Å². The van der Waals surface area contributed by atoms with Crippen molar-refractivity contribution in [1.82, 2.24) is 19.4 Å². The van der Waals surface area contributed by atoms with E-state index in [1.807, 2.05) is 52.3 Å². The van der Waals surface area contributed by atoms with Gasteiger partial charge in [-0.05, 0) is 60.5 Å². The van der Waals surface area contributed by atoms with E-state index in [0.717, 1.165) is 25.1 Å². The molecule has 7 nitrogen and oxygen atoms in total. The predicted molar refractivity (Wildman–Crippen MR) is 105 cm³/mol. The highest BCUT2D eigenvalue weighted by molar-refractivity contribution is 7.84. The van der Waals surface area contributed by atoms with Crippen LogP contribution in [-0.2, 0) is 22.3 Å². The summed E-state index contributed by atoms with van der Waals surface area (Å²) in [5.74, 6) is 0. The molecule has 3 rings (SSSR count). The second-order valence-corrected chi connectivity index (χ2v) is 11.7. The van der Waals surface area contributed by atoms with Gasteiger partial charge < -0.3 is 9.64 Å². The molecule has 1 saturated heterocycles. The van der Waals surface area contributed by atoms with E-state index in [0.29, 0.717) is 13.1 Å². The maximum atomic E-state index is 12.8. The average molecular weight is 397 g/mol. The van der Waals surface area contributed by atoms with Crippen LogP contribution >= 0.6 is 0 Å². The van der Waals surface area contributed by atoms with Crippen molar-refractivity contribution < 1.29 is 13.7 Å². The lowest BCUT2D eigenvalue weighted by atomic mass is 9.74. The van der Waals surface area contributed by atoms with Crippen LogP contribution in [0.1, 0.15) is 66.1 Å². The van der Waals surface area contributed by atoms with Crippen LogP contribution in [0, 0.1) is 5.41 Å². The monoisotopic (exact) mass is 396 g/mol. The number of fused-ring (bicyclic) bond motifs is 1. The summed E-state index contributed by atoms with van der Waals surface area (Å²) in [7, 11) is -1.17. The van der Waals surface area contributed by atoms with Crippen molar-refractivity contribution >= 4 is 17.1 Å². The third kappa shape index (κ3) is 4.21. The van der Waals surface area contributed by atoms with Crippen molar-refractivity contribution in [3.8, 4) is 0 Å². The van der Waals surface area contributed by atoms with Gasteiger partial charge in [0.15, 0.2) is 0 Å². The van der Waals surface area contributed by atoms with Crippen LogP contribution in [0.5, 0.6) is 0 Å². The third-order valence-electron chi connectivity index (χ3n) is 5.31. The number of aromatic nitrogens is 2. The van der Waals surface area contributed by atoms with Gasteiger partial charge in [-0.3, -0.25) is 4.68 Å². The van der Waals surface area contributed by atoms with E-state index < -0.39 is 16.6 Å². The largest absolute Gasteiger partial charge is 0.444 e. The highest BCUT2D eigenvalue weighted by Gasteiger charge is 2.50. The van der Waals surface area contributed by atoms with Gasteiger partial charge in [-0.15, -0.1) is 0 Å². The standard InChI is InChI=1S/C19H32N4O3S/c1-17(2,3)26-16(24)22-11-8-19(9-12-22)13-23-14(7-10-20-23)15(19)21-27(25)18(4,5)6/h7,10,15,21H,8-9,11-13H2,1-6H3/t15?,27-/m1/s1. The lowest BCUT2D eigenvalue weighted by Crippen LogP contribution is -2.50. The van der Waals surface area contributed by atoms with Crippen molar-refractivity contribution in [2.75, 3.05) is 13.1 Å². The topological polar surface area (TPSA) is 76.5 Å². The van der Waals surface area contributed by atoms with Crippen molar-refractivity contribution in [2.45, 2.75) is 77.3 Å². The van der Waals surface area contributed by atoms with E-state index in [1.165, 1.54) is 0 Å². The Hall–Kier alpha value is -1.41. The normalized spacial score (nSPS) is 23.3. The molecule has 1 N–H and O–H groups in total. The lowest BCUT2D eigenvalue weighted by molar-refractivity contribution is 0.00571. The van der Waals surface area contributed by atoms with E-state index in [9.17, 15) is 9.00 Å². The number of hydrogen-bond donors (Lipinski definition) is 1. The van der Waals surface area contributed by atoms with Crippen LogP contribution in [0.2, 0.25) is 0 Å². The summed E-state index contributed by atoms with van der Waals surface area (Å²) in [5, 5.41) is 4.44. The Bertz CT molecular complexity index is 724. The van der Waals surface area contributed by atoms with Gasteiger partial charge in [0.2, 0.25) is 0 Å². The molecule has 0 aliphatic carbocycles. The molecule has 1 spiro atoms. The molecule has 1 aromatic heterocycles. The molecule has 2 aliphatic heterocycles. The number of rotatable bonds is 2. The van der Waals surface area contributed by atoms with Gasteiger partial charge in [-0.25, -0.2) is 13.7 Å². The zero-order valence-corrected chi connectivity index (χ0v) is 18.1. The maximum absolute atomic E-state index is 12.8. The van der Waals surface area contributed by atoms with Crippen molar-refractivity contribution in [3.05, 3.63) is 18.0 Å². The molecule has 0 radical (unpaired) electrons. The first-order valence-electron chi connectivity index (χ1n) is 9.59. The summed E-state index contributed by atoms with van der Waals surface area (Å²) in [4.78, 5) is 14.2. The zero-order valence-electron chi connectivity index (χ0n) is 17.2. The summed E-state index contributed by atoms with van der Waals surface area (Å²) < 4.78 is 23.4. The number of likely N-dealkylation sites (tertiary alicyclic amines) is 1. The van der Waals surface area contributed by atoms with E-state index in [4.69, 9.17) is 4.74 Å². The number of amides is 1. The fraction of sp³-hybridized carbons (Fsp3) is 0.789. The number of nitrogens with one attached hydrogen (secondary N) is 1. The minimum atomic E-state index is -1.17. The Labute approximate surface area is 164 Å². The van der Waals surface area contributed by atoms with Gasteiger partial charge in [-0.2, -0.15) is 5.10 Å². The SMILES string of the molecule is CC(C)(C)OC(=O)N1CCC2(CC1)Cn1nccc1C2N[S@](=O)C(C)(C)C. The molecule has 0 bridgehead atoms. The Morgan fingerprint density at radius 1 is 1.26 bits per heavy atom. The fourth-order valence-electron chi connectivity index (χ4n) is 3.80. The molecule has 2 aliphatic rings. The molecule has 8 heteroatoms. The summed E-state index contributed by atoms with van der Waals surface area (Å²) in [6, 6.07) is 1.98. The summed E-state index contributed by atoms with van der Waals surface area (Å²) >= 11 is 0. The number of carbonyl (C=O) groups is 1. The molecule has 1 amide bonds. The van der Waals surface area contributed by atoms with Gasteiger partial charge in [0.25, 0.3) is 0 Å². The molecule has 3 heterocycles. The number of hydrogen-bond acceptors (Lipinski definition) is 4. The smallest absolute Gasteiger partial charge is 0.410 e. The second-order valence-electron chi connectivity index (χ2n) is 9.68. The van der Waals surface area contributed by atoms with E-state index in [2.05, 4.69) is 9.82 Å². The van der Waals surface area contributed by atoms with Crippen LogP contribution in [-0.4, -0.2) is 48.4 Å². The first-order valence-corrected chi connectivity index (χ1v) is 10.7. The molecule has 1 fully saturated rings. The minimum Gasteiger partial charge on any atom is -0.444 e. The Balaban J connectivity index is 1.74. The van der Waals surface area contributed by atoms with Crippen LogP contribution in [0.25, 0.3) is 0 Å². The fourth-order valence-corrected chi connectivity index (χ4v) is 4.74. The van der Waals surface area contributed by atoms with E-state index in [1.54, 1.807) is 11.1 Å². The van der Waals surface area contributed by atoms with Crippen LogP contribution < -0.4 is 4.72 Å². The minimum absolute atomic E-state index is 0.0270. The Morgan fingerprint density at radius 2 is 1.89 bits per heavy atom. The number of carbonyl (C=O) groups excluding carboxylic acids is 1. The molecule has 27 heavy (non-hydrogen) atoms. The molecule has 152 valence electrons. The van der Waals surface area contributed by atoms with Crippen molar-refractivity contribution in [3.63, 3.8) is 0 Å². The highest BCUT2D eigenvalue weighted by Crippen LogP contribution is 2.49. The summed E-state index contributed by atoms with van der Waals surface area (Å²) in [6.45, 7) is 13.6. The molecule has 0 saturated carbocycles. The van der Waals surface area contributed by atoms with Crippen molar-refractivity contribution in [1.29, 1.82) is 0 Å². The Morgan fingerprint density at radius 3 is 2.44 bits per heavy atom. The number of piperidine rings is 1. The maximum Gasteiger partial charge on any atom is 0.410 e.